The van der Waals surface area contributed by atoms with Crippen molar-refractivity contribution in [2.75, 3.05) is 13.2 Å². The molecule has 0 saturated carbocycles. The molecule has 82 valence electrons. The lowest BCUT2D eigenvalue weighted by molar-refractivity contribution is -0.111. The Labute approximate surface area is 87.1 Å². The Balaban J connectivity index is 0.000000153. The van der Waals surface area contributed by atoms with Crippen LogP contribution in [0.5, 0.6) is 0 Å². The molecule has 6 heteroatoms. The van der Waals surface area contributed by atoms with Crippen LogP contribution in [0.4, 0.5) is 4.79 Å². The van der Waals surface area contributed by atoms with E-state index in [0.717, 1.165) is 17.8 Å². The van der Waals surface area contributed by atoms with Gasteiger partial charge in [0, 0.05) is 12.1 Å². The van der Waals surface area contributed by atoms with Crippen molar-refractivity contribution in [2.45, 2.75) is 6.92 Å². The topological polar surface area (TPSA) is 93.4 Å². The van der Waals surface area contributed by atoms with Crippen LogP contribution in [0.2, 0.25) is 0 Å². The zero-order chi connectivity index (χ0) is 11.3. The summed E-state index contributed by atoms with van der Waals surface area (Å²) in [7, 11) is 0. The summed E-state index contributed by atoms with van der Waals surface area (Å²) in [5.74, 6) is 4.82. The molecule has 0 aromatic heterocycles. The lowest BCUT2D eigenvalue weighted by Gasteiger charge is -1.95. The van der Waals surface area contributed by atoms with Gasteiger partial charge in [-0.3, -0.25) is 10.2 Å². The Kier molecular flexibility index (Phi) is 3.87. The number of ether oxygens (including phenoxy) is 1. The maximum absolute atomic E-state index is 10.8. The molecule has 1 aliphatic heterocycles. The molecule has 2 aliphatic rings. The highest BCUT2D eigenvalue weighted by Gasteiger charge is 2.25. The smallest absolute Gasteiger partial charge is 0.421 e. The monoisotopic (exact) mass is 211 g/mol. The van der Waals surface area contributed by atoms with Crippen LogP contribution in [-0.4, -0.2) is 25.0 Å². The first-order valence-electron chi connectivity index (χ1n) is 4.51. The van der Waals surface area contributed by atoms with Gasteiger partial charge in [-0.2, -0.15) is 0 Å². The van der Waals surface area contributed by atoms with Gasteiger partial charge in [0.15, 0.2) is 0 Å². The zero-order valence-electron chi connectivity index (χ0n) is 8.37. The molecule has 1 heterocycles. The Bertz CT molecular complexity index is 311. The number of ketones is 1. The molecule has 0 unspecified atom stereocenters. The van der Waals surface area contributed by atoms with Crippen molar-refractivity contribution in [1.29, 1.82) is 0 Å². The number of hydrazine groups is 1. The summed E-state index contributed by atoms with van der Waals surface area (Å²) < 4.78 is 4.32. The number of amides is 1. The molecule has 6 nitrogen and oxygen atoms in total. The van der Waals surface area contributed by atoms with E-state index in [-0.39, 0.29) is 5.78 Å². The number of carbonyl (C=O) groups is 2. The zero-order valence-corrected chi connectivity index (χ0v) is 8.37. The number of hydrogen-bond donors (Lipinski definition) is 3. The summed E-state index contributed by atoms with van der Waals surface area (Å²) in [5.41, 5.74) is 3.47. The number of allylic oxidation sites excluding steroid dienone is 3. The van der Waals surface area contributed by atoms with E-state index >= 15 is 0 Å². The molecule has 1 fully saturated rings. The average Bonchev–Trinajstić information content (AvgIpc) is 2.78. The molecule has 4 N–H and O–H groups in total. The third-order valence-electron chi connectivity index (χ3n) is 1.85. The minimum Gasteiger partial charge on any atom is -0.449 e. The highest BCUT2D eigenvalue weighted by atomic mass is 16.5. The molecule has 0 aromatic rings. The number of dihydropyridines is 1. The predicted molar refractivity (Wildman–Crippen MR) is 53.5 cm³/mol. The number of Topliss-reactive ketones (excluding diaryl/α,β-unsaturated/α-hetero) is 1. The highest BCUT2D eigenvalue weighted by Crippen LogP contribution is 2.17. The van der Waals surface area contributed by atoms with Crippen LogP contribution in [0.25, 0.3) is 0 Å². The average molecular weight is 211 g/mol. The molecule has 2 bridgehead atoms. The van der Waals surface area contributed by atoms with Crippen molar-refractivity contribution in [1.82, 2.24) is 10.7 Å². The molecule has 0 atom stereocenters. The fourth-order valence-corrected chi connectivity index (χ4v) is 1.15. The summed E-state index contributed by atoms with van der Waals surface area (Å²) in [5, 5.41) is 2.95. The van der Waals surface area contributed by atoms with Crippen molar-refractivity contribution >= 4 is 11.9 Å². The summed E-state index contributed by atoms with van der Waals surface area (Å²) >= 11 is 0. The number of nitrogens with two attached hydrogens (primary N) is 1. The standard InChI is InChI=1S/C6H5NO.C3H8N2O2/c8-6-4-1-2-5(6)7-3-4;1-2-7-3(6)5-4/h1-2,7H,3H2;2,4H2,1H3,(H,5,6). The van der Waals surface area contributed by atoms with Gasteiger partial charge in [0.05, 0.1) is 12.3 Å². The van der Waals surface area contributed by atoms with Crippen LogP contribution in [0.1, 0.15) is 6.92 Å². The highest BCUT2D eigenvalue weighted by molar-refractivity contribution is 6.13. The maximum atomic E-state index is 10.8. The van der Waals surface area contributed by atoms with Crippen LogP contribution < -0.4 is 16.6 Å². The first kappa shape index (κ1) is 11.3. The van der Waals surface area contributed by atoms with Crippen molar-refractivity contribution < 1.29 is 14.3 Å². The first-order valence-corrected chi connectivity index (χ1v) is 4.51. The second kappa shape index (κ2) is 5.16. The van der Waals surface area contributed by atoms with E-state index in [2.05, 4.69) is 15.9 Å². The molecule has 1 amide bonds. The van der Waals surface area contributed by atoms with E-state index in [9.17, 15) is 9.59 Å². The number of fused-ring (bicyclic) bond motifs is 2. The molecule has 15 heavy (non-hydrogen) atoms. The number of nitrogens with one attached hydrogen (secondary N) is 2. The number of hydrogen-bond acceptors (Lipinski definition) is 5. The van der Waals surface area contributed by atoms with Gasteiger partial charge < -0.3 is 10.1 Å². The van der Waals surface area contributed by atoms with Crippen LogP contribution in [0.15, 0.2) is 23.4 Å². The lowest BCUT2D eigenvalue weighted by Crippen LogP contribution is -2.30. The first-order chi connectivity index (χ1) is 7.19. The van der Waals surface area contributed by atoms with Gasteiger partial charge in [0.25, 0.3) is 0 Å². The second-order valence-corrected chi connectivity index (χ2v) is 2.82. The van der Waals surface area contributed by atoms with Crippen molar-refractivity contribution in [3.8, 4) is 0 Å². The van der Waals surface area contributed by atoms with Gasteiger partial charge in [0.2, 0.25) is 5.78 Å². The summed E-state index contributed by atoms with van der Waals surface area (Å²) in [4.78, 5) is 20.7. The van der Waals surface area contributed by atoms with Gasteiger partial charge in [0.1, 0.15) is 0 Å². The van der Waals surface area contributed by atoms with E-state index in [1.807, 2.05) is 12.2 Å². The van der Waals surface area contributed by atoms with E-state index in [1.54, 1.807) is 12.3 Å². The quantitative estimate of drug-likeness (QED) is 0.311. The van der Waals surface area contributed by atoms with Crippen molar-refractivity contribution in [2.24, 2.45) is 5.84 Å². The SMILES string of the molecule is CCOC(=O)NN.O=C1C2=CC=C1NC2. The Morgan fingerprint density at radius 1 is 1.67 bits per heavy atom. The molecule has 1 saturated heterocycles. The minimum atomic E-state index is -0.595. The number of rotatable bonds is 1. The van der Waals surface area contributed by atoms with E-state index in [1.165, 1.54) is 0 Å². The molecular formula is C9H13N3O3. The predicted octanol–water partition coefficient (Wildman–Crippen LogP) is -0.411. The Morgan fingerprint density at radius 3 is 2.53 bits per heavy atom. The molecule has 1 aliphatic carbocycles. The molecule has 0 spiro atoms. The lowest BCUT2D eigenvalue weighted by atomic mass is 10.3. The van der Waals surface area contributed by atoms with Crippen LogP contribution in [0, 0.1) is 0 Å². The third-order valence-corrected chi connectivity index (χ3v) is 1.85. The normalized spacial score (nSPS) is 15.7. The van der Waals surface area contributed by atoms with Gasteiger partial charge in [-0.25, -0.2) is 10.6 Å². The minimum absolute atomic E-state index is 0.185. The Hall–Kier alpha value is -1.82. The largest absolute Gasteiger partial charge is 0.449 e. The Morgan fingerprint density at radius 2 is 2.40 bits per heavy atom. The van der Waals surface area contributed by atoms with E-state index in [4.69, 9.17) is 0 Å². The summed E-state index contributed by atoms with van der Waals surface area (Å²) in [6.45, 7) is 2.79. The molecule has 0 aromatic carbocycles. The van der Waals surface area contributed by atoms with E-state index in [0.29, 0.717) is 6.61 Å². The summed E-state index contributed by atoms with van der Waals surface area (Å²) in [6.07, 6.45) is 3.09. The molecule has 2 rings (SSSR count). The van der Waals surface area contributed by atoms with E-state index < -0.39 is 6.09 Å². The summed E-state index contributed by atoms with van der Waals surface area (Å²) in [6, 6.07) is 0. The van der Waals surface area contributed by atoms with Gasteiger partial charge in [-0.15, -0.1) is 0 Å². The molecular weight excluding hydrogens is 198 g/mol. The van der Waals surface area contributed by atoms with Crippen molar-refractivity contribution in [3.63, 3.8) is 0 Å². The fraction of sp³-hybridized carbons (Fsp3) is 0.333. The van der Waals surface area contributed by atoms with Crippen LogP contribution in [0.3, 0.4) is 0 Å². The maximum Gasteiger partial charge on any atom is 0.421 e. The van der Waals surface area contributed by atoms with Gasteiger partial charge in [-0.1, -0.05) is 6.08 Å². The van der Waals surface area contributed by atoms with Gasteiger partial charge in [-0.05, 0) is 13.0 Å². The second-order valence-electron chi connectivity index (χ2n) is 2.82. The van der Waals surface area contributed by atoms with Gasteiger partial charge >= 0.3 is 6.09 Å². The number of carbonyl (C=O) groups excluding carboxylic acids is 2. The van der Waals surface area contributed by atoms with Crippen molar-refractivity contribution in [3.05, 3.63) is 23.4 Å². The third kappa shape index (κ3) is 2.81. The van der Waals surface area contributed by atoms with Crippen LogP contribution >= 0.6 is 0 Å². The van der Waals surface area contributed by atoms with Crippen LogP contribution in [-0.2, 0) is 9.53 Å². The molecule has 0 radical (unpaired) electrons. The fourth-order valence-electron chi connectivity index (χ4n) is 1.15.